The lowest BCUT2D eigenvalue weighted by atomic mass is 10.1. The number of rotatable bonds is 12. The molecule has 1 aromatic carbocycles. The van der Waals surface area contributed by atoms with Gasteiger partial charge in [-0.25, -0.2) is 0 Å². The molecule has 7 nitrogen and oxygen atoms in total. The van der Waals surface area contributed by atoms with Crippen molar-refractivity contribution in [2.24, 2.45) is 11.8 Å². The highest BCUT2D eigenvalue weighted by atomic mass is 16.5. The highest BCUT2D eigenvalue weighted by Crippen LogP contribution is 2.38. The lowest BCUT2D eigenvalue weighted by Crippen LogP contribution is -2.36. The second kappa shape index (κ2) is 12.8. The summed E-state index contributed by atoms with van der Waals surface area (Å²) in [6.45, 7) is 9.33. The molecular formula is C23H36N2O5. The molecule has 0 heterocycles. The Morgan fingerprint density at radius 3 is 1.60 bits per heavy atom. The summed E-state index contributed by atoms with van der Waals surface area (Å²) < 4.78 is 16.1. The van der Waals surface area contributed by atoms with Crippen LogP contribution in [-0.2, 0) is 9.59 Å². The van der Waals surface area contributed by atoms with Crippen molar-refractivity contribution in [3.05, 3.63) is 23.3 Å². The maximum Gasteiger partial charge on any atom is 0.256 e. The van der Waals surface area contributed by atoms with Crippen LogP contribution in [0.15, 0.2) is 17.7 Å². The van der Waals surface area contributed by atoms with Gasteiger partial charge in [0, 0.05) is 13.1 Å². The van der Waals surface area contributed by atoms with Gasteiger partial charge in [0.25, 0.3) is 11.8 Å². The first-order valence-corrected chi connectivity index (χ1v) is 10.3. The summed E-state index contributed by atoms with van der Waals surface area (Å²) in [4.78, 5) is 25.5. The van der Waals surface area contributed by atoms with Gasteiger partial charge in [0.1, 0.15) is 5.57 Å². The molecule has 0 spiro atoms. The van der Waals surface area contributed by atoms with Gasteiger partial charge < -0.3 is 24.8 Å². The van der Waals surface area contributed by atoms with Gasteiger partial charge in [0.2, 0.25) is 5.75 Å². The normalized spacial score (nSPS) is 10.6. The fraction of sp³-hybridized carbons (Fsp3) is 0.565. The van der Waals surface area contributed by atoms with Gasteiger partial charge in [-0.3, -0.25) is 9.59 Å². The first kappa shape index (κ1) is 25.3. The fourth-order valence-electron chi connectivity index (χ4n) is 2.72. The Balaban J connectivity index is 3.23. The predicted molar refractivity (Wildman–Crippen MR) is 119 cm³/mol. The summed E-state index contributed by atoms with van der Waals surface area (Å²) >= 11 is 0. The Labute approximate surface area is 180 Å². The van der Waals surface area contributed by atoms with Crippen molar-refractivity contribution in [1.29, 1.82) is 0 Å². The van der Waals surface area contributed by atoms with E-state index in [4.69, 9.17) is 14.2 Å². The zero-order valence-corrected chi connectivity index (χ0v) is 19.3. The minimum atomic E-state index is -0.411. The Hall–Kier alpha value is -2.70. The van der Waals surface area contributed by atoms with E-state index in [-0.39, 0.29) is 5.57 Å². The van der Waals surface area contributed by atoms with Crippen LogP contribution in [0.25, 0.3) is 6.08 Å². The van der Waals surface area contributed by atoms with Crippen molar-refractivity contribution in [2.75, 3.05) is 34.4 Å². The second-order valence-corrected chi connectivity index (χ2v) is 7.89. The topological polar surface area (TPSA) is 85.9 Å². The number of carbonyl (C=O) groups is 2. The van der Waals surface area contributed by atoms with E-state index in [9.17, 15) is 9.59 Å². The van der Waals surface area contributed by atoms with Crippen LogP contribution in [0.2, 0.25) is 0 Å². The summed E-state index contributed by atoms with van der Waals surface area (Å²) in [5.41, 5.74) is 0.634. The number of methoxy groups -OCH3 is 3. The van der Waals surface area contributed by atoms with Gasteiger partial charge >= 0.3 is 0 Å². The first-order chi connectivity index (χ1) is 14.2. The van der Waals surface area contributed by atoms with Gasteiger partial charge in [-0.15, -0.1) is 0 Å². The van der Waals surface area contributed by atoms with Crippen LogP contribution in [0, 0.1) is 11.8 Å². The number of ether oxygens (including phenoxy) is 3. The predicted octanol–water partition coefficient (Wildman–Crippen LogP) is 3.42. The van der Waals surface area contributed by atoms with E-state index in [2.05, 4.69) is 38.3 Å². The largest absolute Gasteiger partial charge is 0.493 e. The van der Waals surface area contributed by atoms with Crippen LogP contribution in [0.5, 0.6) is 17.2 Å². The molecule has 1 aromatic rings. The minimum Gasteiger partial charge on any atom is -0.493 e. The zero-order chi connectivity index (χ0) is 22.7. The van der Waals surface area contributed by atoms with E-state index in [1.54, 1.807) is 18.2 Å². The molecule has 0 unspecified atom stereocenters. The van der Waals surface area contributed by atoms with Gasteiger partial charge in [-0.1, -0.05) is 27.7 Å². The molecule has 168 valence electrons. The lowest BCUT2D eigenvalue weighted by Gasteiger charge is -2.14. The Bertz CT molecular complexity index is 688. The monoisotopic (exact) mass is 420 g/mol. The van der Waals surface area contributed by atoms with Gasteiger partial charge in [-0.2, -0.15) is 0 Å². The summed E-state index contributed by atoms with van der Waals surface area (Å²) in [7, 11) is 4.55. The number of benzene rings is 1. The Morgan fingerprint density at radius 2 is 1.27 bits per heavy atom. The molecule has 0 radical (unpaired) electrons. The summed E-state index contributed by atoms with van der Waals surface area (Å²) in [5, 5.41) is 5.68. The third-order valence-electron chi connectivity index (χ3n) is 4.50. The van der Waals surface area contributed by atoms with Crippen LogP contribution in [0.1, 0.15) is 46.1 Å². The van der Waals surface area contributed by atoms with Crippen molar-refractivity contribution in [3.63, 3.8) is 0 Å². The molecule has 2 N–H and O–H groups in total. The maximum atomic E-state index is 12.8. The van der Waals surface area contributed by atoms with E-state index in [1.807, 2.05) is 0 Å². The summed E-state index contributed by atoms with van der Waals surface area (Å²) in [6.07, 6.45) is 3.20. The third-order valence-corrected chi connectivity index (χ3v) is 4.50. The molecule has 30 heavy (non-hydrogen) atoms. The Morgan fingerprint density at radius 1 is 0.833 bits per heavy atom. The first-order valence-electron chi connectivity index (χ1n) is 10.3. The van der Waals surface area contributed by atoms with Crippen molar-refractivity contribution in [3.8, 4) is 17.2 Å². The molecule has 7 heteroatoms. The molecule has 0 saturated carbocycles. The SMILES string of the molecule is COc1cc(C=C(C(=O)NCCC(C)C)C(=O)NCCC(C)C)cc(OC)c1OC. The van der Waals surface area contributed by atoms with Crippen molar-refractivity contribution < 1.29 is 23.8 Å². The van der Waals surface area contributed by atoms with Crippen molar-refractivity contribution in [2.45, 2.75) is 40.5 Å². The van der Waals surface area contributed by atoms with E-state index in [0.29, 0.717) is 47.7 Å². The lowest BCUT2D eigenvalue weighted by molar-refractivity contribution is -0.123. The third kappa shape index (κ3) is 7.97. The molecule has 0 atom stereocenters. The number of hydrogen-bond donors (Lipinski definition) is 2. The minimum absolute atomic E-state index is 0.0387. The molecule has 0 aliphatic heterocycles. The van der Waals surface area contributed by atoms with E-state index in [1.165, 1.54) is 21.3 Å². The number of nitrogens with one attached hydrogen (secondary N) is 2. The molecule has 0 aliphatic carbocycles. The number of carbonyl (C=O) groups excluding carboxylic acids is 2. The molecule has 0 bridgehead atoms. The standard InChI is InChI=1S/C23H36N2O5/c1-15(2)8-10-24-22(26)18(23(27)25-11-9-16(3)4)12-17-13-19(28-5)21(30-7)20(14-17)29-6/h12-16H,8-11H2,1-7H3,(H,24,26)(H,25,27). The molecular weight excluding hydrogens is 384 g/mol. The molecule has 0 saturated heterocycles. The molecule has 0 aromatic heterocycles. The average molecular weight is 421 g/mol. The van der Waals surface area contributed by atoms with Crippen LogP contribution >= 0.6 is 0 Å². The van der Waals surface area contributed by atoms with E-state index >= 15 is 0 Å². The molecule has 0 aliphatic rings. The summed E-state index contributed by atoms with van der Waals surface area (Å²) in [6, 6.07) is 3.40. The zero-order valence-electron chi connectivity index (χ0n) is 19.3. The van der Waals surface area contributed by atoms with Crippen molar-refractivity contribution >= 4 is 17.9 Å². The van der Waals surface area contributed by atoms with Gasteiger partial charge in [0.15, 0.2) is 11.5 Å². The van der Waals surface area contributed by atoms with Crippen LogP contribution in [-0.4, -0.2) is 46.2 Å². The highest BCUT2D eigenvalue weighted by Gasteiger charge is 2.20. The van der Waals surface area contributed by atoms with E-state index < -0.39 is 11.8 Å². The van der Waals surface area contributed by atoms with E-state index in [0.717, 1.165) is 12.8 Å². The van der Waals surface area contributed by atoms with Crippen LogP contribution in [0.3, 0.4) is 0 Å². The van der Waals surface area contributed by atoms with Gasteiger partial charge in [-0.05, 0) is 48.4 Å². The fourth-order valence-corrected chi connectivity index (χ4v) is 2.72. The molecule has 0 fully saturated rings. The van der Waals surface area contributed by atoms with Crippen LogP contribution < -0.4 is 24.8 Å². The second-order valence-electron chi connectivity index (χ2n) is 7.89. The number of amides is 2. The van der Waals surface area contributed by atoms with Crippen molar-refractivity contribution in [1.82, 2.24) is 10.6 Å². The maximum absolute atomic E-state index is 12.8. The molecule has 1 rings (SSSR count). The smallest absolute Gasteiger partial charge is 0.256 e. The Kier molecular flexibility index (Phi) is 10.8. The van der Waals surface area contributed by atoms with Gasteiger partial charge in [0.05, 0.1) is 21.3 Å². The summed E-state index contributed by atoms with van der Waals surface area (Å²) in [5.74, 6) is 1.42. The molecule has 2 amide bonds. The number of hydrogen-bond acceptors (Lipinski definition) is 5. The highest BCUT2D eigenvalue weighted by molar-refractivity contribution is 6.21. The van der Waals surface area contributed by atoms with Crippen LogP contribution in [0.4, 0.5) is 0 Å². The quantitative estimate of drug-likeness (QED) is 0.307. The average Bonchev–Trinajstić information content (AvgIpc) is 2.70.